The fourth-order valence-electron chi connectivity index (χ4n) is 3.23. The predicted molar refractivity (Wildman–Crippen MR) is 109 cm³/mol. The number of thiophene rings is 1. The summed E-state index contributed by atoms with van der Waals surface area (Å²) in [7, 11) is 0. The number of rotatable bonds is 6. The van der Waals surface area contributed by atoms with Crippen LogP contribution in [0.2, 0.25) is 0 Å². The molecule has 0 radical (unpaired) electrons. The first-order valence-electron chi connectivity index (χ1n) is 9.05. The van der Waals surface area contributed by atoms with Crippen LogP contribution in [-0.4, -0.2) is 39.8 Å². The smallest absolute Gasteiger partial charge is 0.248 e. The number of thioether (sulfide) groups is 1. The van der Waals surface area contributed by atoms with E-state index in [9.17, 15) is 4.79 Å². The molecule has 1 amide bonds. The van der Waals surface area contributed by atoms with E-state index in [1.807, 2.05) is 39.9 Å². The third kappa shape index (κ3) is 4.59. The maximum atomic E-state index is 12.6. The maximum absolute atomic E-state index is 12.6. The average Bonchev–Trinajstić information content (AvgIpc) is 3.40. The van der Waals surface area contributed by atoms with Crippen molar-refractivity contribution in [3.05, 3.63) is 58.6 Å². The van der Waals surface area contributed by atoms with Gasteiger partial charge in [0.1, 0.15) is 0 Å². The number of nitrogens with zero attached hydrogens (tertiary/aromatic N) is 3. The maximum Gasteiger partial charge on any atom is 0.248 e. The molecule has 0 spiro atoms. The second-order valence-electron chi connectivity index (χ2n) is 6.61. The minimum absolute atomic E-state index is 0.127. The van der Waals surface area contributed by atoms with Gasteiger partial charge in [-0.1, -0.05) is 30.3 Å². The van der Waals surface area contributed by atoms with Crippen molar-refractivity contribution in [3.8, 4) is 11.5 Å². The first kappa shape index (κ1) is 18.3. The highest BCUT2D eigenvalue weighted by Gasteiger charge is 2.28. The molecule has 1 aliphatic rings. The van der Waals surface area contributed by atoms with Gasteiger partial charge >= 0.3 is 0 Å². The molecule has 1 atom stereocenters. The molecule has 7 heteroatoms. The van der Waals surface area contributed by atoms with Crippen LogP contribution in [0.1, 0.15) is 30.2 Å². The summed E-state index contributed by atoms with van der Waals surface area (Å²) in [5, 5.41) is 12.4. The van der Waals surface area contributed by atoms with Crippen molar-refractivity contribution in [1.29, 1.82) is 0 Å². The van der Waals surface area contributed by atoms with Crippen molar-refractivity contribution < 1.29 is 9.21 Å². The molecule has 140 valence electrons. The van der Waals surface area contributed by atoms with Crippen molar-refractivity contribution in [3.63, 3.8) is 0 Å². The molecular weight excluding hydrogens is 378 g/mol. The lowest BCUT2D eigenvalue weighted by molar-refractivity contribution is -0.129. The van der Waals surface area contributed by atoms with Gasteiger partial charge in [0, 0.05) is 29.8 Å². The van der Waals surface area contributed by atoms with E-state index >= 15 is 0 Å². The molecule has 2 aromatic heterocycles. The second-order valence-corrected chi connectivity index (χ2v) is 8.38. The molecule has 27 heavy (non-hydrogen) atoms. The van der Waals surface area contributed by atoms with Gasteiger partial charge in [-0.15, -0.1) is 22.0 Å². The van der Waals surface area contributed by atoms with E-state index in [1.54, 1.807) is 23.1 Å². The lowest BCUT2D eigenvalue weighted by Crippen LogP contribution is -2.40. The minimum atomic E-state index is 0.127. The Bertz CT molecular complexity index is 865. The molecule has 1 aromatic carbocycles. The summed E-state index contributed by atoms with van der Waals surface area (Å²) < 4.78 is 5.88. The van der Waals surface area contributed by atoms with Crippen LogP contribution in [-0.2, 0) is 10.5 Å². The molecule has 1 fully saturated rings. The highest BCUT2D eigenvalue weighted by Crippen LogP contribution is 2.29. The zero-order valence-corrected chi connectivity index (χ0v) is 16.5. The van der Waals surface area contributed by atoms with Gasteiger partial charge in [0.2, 0.25) is 17.7 Å². The van der Waals surface area contributed by atoms with Gasteiger partial charge in [-0.25, -0.2) is 0 Å². The molecule has 1 saturated heterocycles. The molecule has 0 bridgehead atoms. The first-order valence-corrected chi connectivity index (χ1v) is 11.1. The van der Waals surface area contributed by atoms with E-state index in [1.165, 1.54) is 5.56 Å². The van der Waals surface area contributed by atoms with Gasteiger partial charge in [0.15, 0.2) is 0 Å². The molecule has 4 rings (SSSR count). The van der Waals surface area contributed by atoms with Crippen LogP contribution in [0.4, 0.5) is 0 Å². The van der Waals surface area contributed by atoms with Crippen molar-refractivity contribution >= 4 is 29.0 Å². The summed E-state index contributed by atoms with van der Waals surface area (Å²) in [4.78, 5) is 14.5. The van der Waals surface area contributed by atoms with Crippen LogP contribution in [0.25, 0.3) is 11.5 Å². The number of amides is 1. The number of carbonyl (C=O) groups is 1. The summed E-state index contributed by atoms with van der Waals surface area (Å²) in [5.41, 5.74) is 2.21. The topological polar surface area (TPSA) is 59.2 Å². The molecule has 5 nitrogen and oxygen atoms in total. The van der Waals surface area contributed by atoms with Crippen LogP contribution in [0.5, 0.6) is 0 Å². The molecular formula is C20H21N3O2S2. The van der Waals surface area contributed by atoms with Gasteiger partial charge in [-0.3, -0.25) is 4.79 Å². The lowest BCUT2D eigenvalue weighted by atomic mass is 9.98. The van der Waals surface area contributed by atoms with E-state index in [0.29, 0.717) is 24.1 Å². The highest BCUT2D eigenvalue weighted by molar-refractivity contribution is 7.99. The van der Waals surface area contributed by atoms with Crippen LogP contribution in [0.3, 0.4) is 0 Å². The Balaban J connectivity index is 1.32. The first-order chi connectivity index (χ1) is 13.3. The number of aromatic nitrogens is 2. The Morgan fingerprint density at radius 3 is 2.96 bits per heavy atom. The van der Waals surface area contributed by atoms with Crippen molar-refractivity contribution in [2.75, 3.05) is 18.8 Å². The monoisotopic (exact) mass is 399 g/mol. The van der Waals surface area contributed by atoms with Gasteiger partial charge in [-0.2, -0.15) is 11.3 Å². The third-order valence-electron chi connectivity index (χ3n) is 4.67. The SMILES string of the molecule is O=C(CSCc1ccccc1)N1CCC[C@@H](c2nnc(-c3ccsc3)o2)C1. The summed E-state index contributed by atoms with van der Waals surface area (Å²) in [6.45, 7) is 1.47. The van der Waals surface area contributed by atoms with E-state index < -0.39 is 0 Å². The lowest BCUT2D eigenvalue weighted by Gasteiger charge is -2.31. The largest absolute Gasteiger partial charge is 0.420 e. The Kier molecular flexibility index (Phi) is 5.89. The van der Waals surface area contributed by atoms with Gasteiger partial charge in [0.25, 0.3) is 0 Å². The van der Waals surface area contributed by atoms with Crippen LogP contribution in [0, 0.1) is 0 Å². The van der Waals surface area contributed by atoms with Gasteiger partial charge < -0.3 is 9.32 Å². The predicted octanol–water partition coefficient (Wildman–Crippen LogP) is 4.44. The number of hydrogen-bond donors (Lipinski definition) is 0. The quantitative estimate of drug-likeness (QED) is 0.613. The zero-order chi connectivity index (χ0) is 18.5. The van der Waals surface area contributed by atoms with E-state index in [0.717, 1.165) is 30.7 Å². The summed E-state index contributed by atoms with van der Waals surface area (Å²) in [6.07, 6.45) is 1.95. The summed E-state index contributed by atoms with van der Waals surface area (Å²) in [5.74, 6) is 2.89. The second kappa shape index (κ2) is 8.71. The normalized spacial score (nSPS) is 17.2. The fraction of sp³-hybridized carbons (Fsp3) is 0.350. The number of benzene rings is 1. The van der Waals surface area contributed by atoms with Crippen molar-refractivity contribution in [2.24, 2.45) is 0 Å². The summed E-state index contributed by atoms with van der Waals surface area (Å²) in [6, 6.07) is 12.2. The molecule has 1 aliphatic heterocycles. The molecule has 3 aromatic rings. The molecule has 3 heterocycles. The molecule has 0 aliphatic carbocycles. The summed E-state index contributed by atoms with van der Waals surface area (Å²) >= 11 is 3.27. The van der Waals surface area contributed by atoms with Crippen molar-refractivity contribution in [2.45, 2.75) is 24.5 Å². The number of piperidine rings is 1. The Labute approximate surface area is 166 Å². The number of carbonyl (C=O) groups excluding carboxylic acids is 1. The van der Waals surface area contributed by atoms with E-state index in [2.05, 4.69) is 22.3 Å². The molecule has 0 unspecified atom stereocenters. The van der Waals surface area contributed by atoms with Crippen LogP contribution < -0.4 is 0 Å². The standard InChI is InChI=1S/C20H21N3O2S2/c24-18(14-27-12-15-5-2-1-3-6-15)23-9-4-7-16(11-23)19-21-22-20(25-19)17-8-10-26-13-17/h1-3,5-6,8,10,13,16H,4,7,9,11-12,14H2/t16-/m1/s1. The van der Waals surface area contributed by atoms with E-state index in [4.69, 9.17) is 4.42 Å². The third-order valence-corrected chi connectivity index (χ3v) is 6.34. The molecule has 0 saturated carbocycles. The van der Waals surface area contributed by atoms with Crippen LogP contribution >= 0.6 is 23.1 Å². The fourth-order valence-corrected chi connectivity index (χ4v) is 4.75. The Morgan fingerprint density at radius 1 is 1.26 bits per heavy atom. The Morgan fingerprint density at radius 2 is 2.15 bits per heavy atom. The average molecular weight is 400 g/mol. The number of likely N-dealkylation sites (tertiary alicyclic amines) is 1. The van der Waals surface area contributed by atoms with Gasteiger partial charge in [-0.05, 0) is 29.9 Å². The zero-order valence-electron chi connectivity index (χ0n) is 14.9. The van der Waals surface area contributed by atoms with Gasteiger partial charge in [0.05, 0.1) is 11.7 Å². The minimum Gasteiger partial charge on any atom is -0.420 e. The van der Waals surface area contributed by atoms with Crippen LogP contribution in [0.15, 0.2) is 51.6 Å². The molecule has 0 N–H and O–H groups in total. The number of hydrogen-bond acceptors (Lipinski definition) is 6. The highest BCUT2D eigenvalue weighted by atomic mass is 32.2. The Hall–Kier alpha value is -2.12. The van der Waals surface area contributed by atoms with Crippen molar-refractivity contribution in [1.82, 2.24) is 15.1 Å². The van der Waals surface area contributed by atoms with E-state index in [-0.39, 0.29) is 11.8 Å².